The van der Waals surface area contributed by atoms with Crippen LogP contribution in [0.3, 0.4) is 0 Å². The van der Waals surface area contributed by atoms with E-state index in [9.17, 15) is 9.90 Å². The number of carbonyl (C=O) groups excluding carboxylic acids is 1. The Hall–Kier alpha value is -2.34. The van der Waals surface area contributed by atoms with Crippen molar-refractivity contribution in [1.82, 2.24) is 25.6 Å². The summed E-state index contributed by atoms with van der Waals surface area (Å²) in [6, 6.07) is 8.48. The minimum absolute atomic E-state index is 0. The number of para-hydroxylation sites is 1. The van der Waals surface area contributed by atoms with Crippen LogP contribution in [-0.4, -0.2) is 77.7 Å². The predicted molar refractivity (Wildman–Crippen MR) is 130 cm³/mol. The number of aromatic hydroxyl groups is 1. The molecule has 2 heterocycles. The molecule has 1 fully saturated rings. The van der Waals surface area contributed by atoms with E-state index in [1.807, 2.05) is 19.9 Å². The first-order valence-electron chi connectivity index (χ1n) is 10.3. The van der Waals surface area contributed by atoms with E-state index in [0.29, 0.717) is 13.1 Å². The van der Waals surface area contributed by atoms with Crippen molar-refractivity contribution in [1.29, 1.82) is 0 Å². The van der Waals surface area contributed by atoms with E-state index in [1.54, 1.807) is 18.2 Å². The fourth-order valence-electron chi connectivity index (χ4n) is 3.36. The summed E-state index contributed by atoms with van der Waals surface area (Å²) in [5.74, 6) is 1.36. The molecule has 0 atom stereocenters. The van der Waals surface area contributed by atoms with Crippen molar-refractivity contribution >= 4 is 35.8 Å². The fourth-order valence-corrected chi connectivity index (χ4v) is 3.36. The molecule has 3 N–H and O–H groups in total. The van der Waals surface area contributed by atoms with Gasteiger partial charge in [0.05, 0.1) is 17.8 Å². The molecular formula is C21H31IN6O3. The van der Waals surface area contributed by atoms with Gasteiger partial charge in [-0.25, -0.2) is 0 Å². The fraction of sp³-hybridized carbons (Fsp3) is 0.476. The highest BCUT2D eigenvalue weighted by Crippen LogP contribution is 2.14. The third-order valence-corrected chi connectivity index (χ3v) is 4.88. The first kappa shape index (κ1) is 24.9. The van der Waals surface area contributed by atoms with Crippen molar-refractivity contribution < 1.29 is 14.4 Å². The van der Waals surface area contributed by atoms with Gasteiger partial charge in [0.2, 0.25) is 0 Å². The SMILES string of the molecule is CCNC(=NCCNC(=O)c1ccccc1O)N1CCN(Cc2cc(C)on2)CC1.I. The van der Waals surface area contributed by atoms with Gasteiger partial charge in [0.15, 0.2) is 5.96 Å². The Labute approximate surface area is 199 Å². The molecule has 1 aromatic carbocycles. The van der Waals surface area contributed by atoms with E-state index >= 15 is 0 Å². The van der Waals surface area contributed by atoms with Crippen molar-refractivity contribution in [2.45, 2.75) is 20.4 Å². The summed E-state index contributed by atoms with van der Waals surface area (Å²) in [6.07, 6.45) is 0. The topological polar surface area (TPSA) is 106 Å². The summed E-state index contributed by atoms with van der Waals surface area (Å²) in [4.78, 5) is 21.4. The minimum Gasteiger partial charge on any atom is -0.507 e. The van der Waals surface area contributed by atoms with Gasteiger partial charge < -0.3 is 25.2 Å². The van der Waals surface area contributed by atoms with Crippen molar-refractivity contribution in [3.8, 4) is 5.75 Å². The Bertz CT molecular complexity index is 864. The van der Waals surface area contributed by atoms with Crippen molar-refractivity contribution in [3.63, 3.8) is 0 Å². The van der Waals surface area contributed by atoms with Crippen LogP contribution in [0.25, 0.3) is 0 Å². The van der Waals surface area contributed by atoms with Crippen LogP contribution in [-0.2, 0) is 6.54 Å². The molecule has 0 bridgehead atoms. The van der Waals surface area contributed by atoms with Gasteiger partial charge in [-0.3, -0.25) is 14.7 Å². The number of aryl methyl sites for hydroxylation is 1. The highest BCUT2D eigenvalue weighted by atomic mass is 127. The van der Waals surface area contributed by atoms with Crippen LogP contribution >= 0.6 is 24.0 Å². The molecule has 0 aliphatic carbocycles. The lowest BCUT2D eigenvalue weighted by Crippen LogP contribution is -2.52. The Morgan fingerprint density at radius 3 is 2.61 bits per heavy atom. The highest BCUT2D eigenvalue weighted by molar-refractivity contribution is 14.0. The van der Waals surface area contributed by atoms with Gasteiger partial charge in [0.1, 0.15) is 11.5 Å². The van der Waals surface area contributed by atoms with Gasteiger partial charge in [-0.15, -0.1) is 24.0 Å². The quantitative estimate of drug-likeness (QED) is 0.212. The van der Waals surface area contributed by atoms with Crippen molar-refractivity contribution in [3.05, 3.63) is 47.3 Å². The van der Waals surface area contributed by atoms with Gasteiger partial charge in [-0.2, -0.15) is 0 Å². The number of rotatable bonds is 7. The largest absolute Gasteiger partial charge is 0.507 e. The highest BCUT2D eigenvalue weighted by Gasteiger charge is 2.20. The second kappa shape index (κ2) is 12.5. The molecule has 10 heteroatoms. The Morgan fingerprint density at radius 2 is 1.97 bits per heavy atom. The maximum atomic E-state index is 12.2. The normalized spacial score (nSPS) is 14.8. The third-order valence-electron chi connectivity index (χ3n) is 4.88. The number of aromatic nitrogens is 1. The van der Waals surface area contributed by atoms with Gasteiger partial charge in [-0.05, 0) is 26.0 Å². The van der Waals surface area contributed by atoms with E-state index in [2.05, 4.69) is 30.6 Å². The Balaban J connectivity index is 0.00000341. The summed E-state index contributed by atoms with van der Waals surface area (Å²) in [7, 11) is 0. The average Bonchev–Trinajstić information content (AvgIpc) is 3.15. The first-order valence-corrected chi connectivity index (χ1v) is 10.3. The molecule has 0 radical (unpaired) electrons. The smallest absolute Gasteiger partial charge is 0.255 e. The molecule has 0 saturated carbocycles. The van der Waals surface area contributed by atoms with Gasteiger partial charge in [0, 0.05) is 51.9 Å². The van der Waals surface area contributed by atoms with Crippen molar-refractivity contribution in [2.24, 2.45) is 4.99 Å². The second-order valence-corrected chi connectivity index (χ2v) is 7.20. The van der Waals surface area contributed by atoms with E-state index in [4.69, 9.17) is 4.52 Å². The van der Waals surface area contributed by atoms with Crippen LogP contribution in [0.15, 0.2) is 39.8 Å². The van der Waals surface area contributed by atoms with Gasteiger partial charge in [-0.1, -0.05) is 17.3 Å². The monoisotopic (exact) mass is 542 g/mol. The summed E-state index contributed by atoms with van der Waals surface area (Å²) >= 11 is 0. The van der Waals surface area contributed by atoms with Gasteiger partial charge in [0.25, 0.3) is 5.91 Å². The number of benzene rings is 1. The van der Waals surface area contributed by atoms with E-state index in [1.165, 1.54) is 6.07 Å². The number of piperazine rings is 1. The van der Waals surface area contributed by atoms with Crippen LogP contribution in [0.1, 0.15) is 28.7 Å². The van der Waals surface area contributed by atoms with E-state index in [0.717, 1.165) is 56.7 Å². The van der Waals surface area contributed by atoms with Crippen LogP contribution < -0.4 is 10.6 Å². The van der Waals surface area contributed by atoms with Crippen LogP contribution in [0, 0.1) is 6.92 Å². The van der Waals surface area contributed by atoms with Crippen LogP contribution in [0.4, 0.5) is 0 Å². The van der Waals surface area contributed by atoms with E-state index in [-0.39, 0.29) is 41.2 Å². The van der Waals surface area contributed by atoms with Crippen LogP contribution in [0.5, 0.6) is 5.75 Å². The predicted octanol–water partition coefficient (Wildman–Crippen LogP) is 1.82. The first-order chi connectivity index (χ1) is 14.6. The number of carbonyl (C=O) groups is 1. The number of guanidine groups is 1. The third kappa shape index (κ3) is 7.39. The number of halogens is 1. The number of phenols is 1. The average molecular weight is 542 g/mol. The molecule has 31 heavy (non-hydrogen) atoms. The maximum Gasteiger partial charge on any atom is 0.255 e. The zero-order chi connectivity index (χ0) is 21.3. The number of hydrogen-bond acceptors (Lipinski definition) is 6. The molecule has 2 aromatic rings. The number of hydrogen-bond donors (Lipinski definition) is 3. The van der Waals surface area contributed by atoms with Crippen molar-refractivity contribution in [2.75, 3.05) is 45.8 Å². The number of aliphatic imine (C=N–C) groups is 1. The molecule has 170 valence electrons. The molecule has 1 saturated heterocycles. The lowest BCUT2D eigenvalue weighted by atomic mass is 10.2. The molecule has 1 aromatic heterocycles. The standard InChI is InChI=1S/C21H30N6O3.HI/c1-3-22-21(24-9-8-23-20(29)18-6-4-5-7-19(18)28)27-12-10-26(11-13-27)15-17-14-16(2)30-25-17;/h4-7,14,28H,3,8-13,15H2,1-2H3,(H,22,24)(H,23,29);1H. The summed E-state index contributed by atoms with van der Waals surface area (Å²) in [5.41, 5.74) is 1.23. The molecule has 1 aliphatic rings. The maximum absolute atomic E-state index is 12.2. The van der Waals surface area contributed by atoms with Crippen LogP contribution in [0.2, 0.25) is 0 Å². The molecule has 1 aliphatic heterocycles. The lowest BCUT2D eigenvalue weighted by molar-refractivity contribution is 0.0952. The summed E-state index contributed by atoms with van der Waals surface area (Å²) in [5, 5.41) is 20.0. The Morgan fingerprint density at radius 1 is 1.23 bits per heavy atom. The number of nitrogens with one attached hydrogen (secondary N) is 2. The number of nitrogens with zero attached hydrogens (tertiary/aromatic N) is 4. The Kier molecular flexibility index (Phi) is 10.0. The molecule has 1 amide bonds. The zero-order valence-electron chi connectivity index (χ0n) is 18.0. The second-order valence-electron chi connectivity index (χ2n) is 7.20. The summed E-state index contributed by atoms with van der Waals surface area (Å²) in [6.45, 7) is 9.93. The minimum atomic E-state index is -0.301. The van der Waals surface area contributed by atoms with Gasteiger partial charge >= 0.3 is 0 Å². The number of phenolic OH excluding ortho intramolecular Hbond substituents is 1. The zero-order valence-corrected chi connectivity index (χ0v) is 20.3. The lowest BCUT2D eigenvalue weighted by Gasteiger charge is -2.36. The molecule has 0 spiro atoms. The summed E-state index contributed by atoms with van der Waals surface area (Å²) < 4.78 is 5.14. The number of amides is 1. The molecule has 3 rings (SSSR count). The molecular weight excluding hydrogens is 511 g/mol. The van der Waals surface area contributed by atoms with E-state index < -0.39 is 0 Å². The molecule has 9 nitrogen and oxygen atoms in total. The molecule has 0 unspecified atom stereocenters.